The van der Waals surface area contributed by atoms with E-state index < -0.39 is 6.04 Å². The maximum atomic E-state index is 13.0. The summed E-state index contributed by atoms with van der Waals surface area (Å²) in [5, 5.41) is 8.83. The smallest absolute Gasteiger partial charge is 0.244 e. The van der Waals surface area contributed by atoms with E-state index in [0.29, 0.717) is 32.4 Å². The van der Waals surface area contributed by atoms with E-state index in [2.05, 4.69) is 109 Å². The van der Waals surface area contributed by atoms with Gasteiger partial charge in [0.15, 0.2) is 0 Å². The summed E-state index contributed by atoms with van der Waals surface area (Å²) in [5.41, 5.74) is 10.2. The maximum absolute atomic E-state index is 13.0. The third kappa shape index (κ3) is 18.2. The van der Waals surface area contributed by atoms with Crippen LogP contribution in [0.3, 0.4) is 0 Å². The summed E-state index contributed by atoms with van der Waals surface area (Å²) in [6, 6.07) is -0.647. The molecule has 2 rings (SSSR count). The first-order valence-electron chi connectivity index (χ1n) is 21.1. The van der Waals surface area contributed by atoms with Crippen LogP contribution in [-0.4, -0.2) is 36.9 Å². The minimum absolute atomic E-state index is 0.146. The van der Waals surface area contributed by atoms with Crippen LogP contribution in [0.4, 0.5) is 0 Å². The van der Waals surface area contributed by atoms with E-state index in [1.54, 1.807) is 6.08 Å². The molecule has 0 aromatic carbocycles. The summed E-state index contributed by atoms with van der Waals surface area (Å²) in [4.78, 5) is 38.6. The molecule has 0 bridgehead atoms. The largest absolute Gasteiger partial charge is 0.354 e. The Morgan fingerprint density at radius 1 is 0.643 bits per heavy atom. The fourth-order valence-corrected chi connectivity index (χ4v) is 7.50. The van der Waals surface area contributed by atoms with Gasteiger partial charge in [-0.2, -0.15) is 0 Å². The summed E-state index contributed by atoms with van der Waals surface area (Å²) >= 11 is 0. The number of hydrogen-bond donors (Lipinski definition) is 3. The molecule has 0 heterocycles. The highest BCUT2D eigenvalue weighted by Crippen LogP contribution is 2.41. The monoisotopic (exact) mass is 766 g/mol. The van der Waals surface area contributed by atoms with Gasteiger partial charge in [-0.15, -0.1) is 0 Å². The third-order valence-corrected chi connectivity index (χ3v) is 10.9. The van der Waals surface area contributed by atoms with Crippen molar-refractivity contribution in [2.45, 2.75) is 153 Å². The zero-order valence-corrected chi connectivity index (χ0v) is 36.9. The molecule has 0 spiro atoms. The van der Waals surface area contributed by atoms with Crippen LogP contribution < -0.4 is 16.0 Å². The van der Waals surface area contributed by atoms with E-state index in [9.17, 15) is 14.4 Å². The van der Waals surface area contributed by atoms with Crippen LogP contribution in [0.25, 0.3) is 0 Å². The van der Waals surface area contributed by atoms with Gasteiger partial charge in [0.2, 0.25) is 17.7 Å². The Morgan fingerprint density at radius 3 is 1.61 bits per heavy atom. The lowest BCUT2D eigenvalue weighted by molar-refractivity contribution is -0.127. The summed E-state index contributed by atoms with van der Waals surface area (Å²) in [7, 11) is 0. The molecule has 56 heavy (non-hydrogen) atoms. The molecule has 0 aromatic rings. The summed E-state index contributed by atoms with van der Waals surface area (Å²) in [6.45, 7) is 24.9. The lowest BCUT2D eigenvalue weighted by Crippen LogP contribution is -2.46. The Labute approximate surface area is 341 Å². The van der Waals surface area contributed by atoms with Crippen molar-refractivity contribution >= 4 is 17.7 Å². The topological polar surface area (TPSA) is 87.3 Å². The molecule has 308 valence electrons. The molecule has 0 fully saturated rings. The Bertz CT molecular complexity index is 1670. The minimum atomic E-state index is -0.647. The minimum Gasteiger partial charge on any atom is -0.354 e. The van der Waals surface area contributed by atoms with Crippen molar-refractivity contribution in [3.63, 3.8) is 0 Å². The van der Waals surface area contributed by atoms with Crippen LogP contribution in [0.15, 0.2) is 117 Å². The van der Waals surface area contributed by atoms with Gasteiger partial charge in [0.25, 0.3) is 0 Å². The summed E-state index contributed by atoms with van der Waals surface area (Å²) in [6.07, 6.45) is 34.9. The Hall–Kier alpha value is -4.19. The predicted molar refractivity (Wildman–Crippen MR) is 239 cm³/mol. The number of rotatable bonds is 20. The second-order valence-electron chi connectivity index (χ2n) is 17.3. The fraction of sp³-hybridized carbons (Fsp3) is 0.540. The highest BCUT2D eigenvalue weighted by atomic mass is 16.2. The molecule has 0 aromatic heterocycles. The Kier molecular flexibility index (Phi) is 20.9. The van der Waals surface area contributed by atoms with Gasteiger partial charge >= 0.3 is 0 Å². The van der Waals surface area contributed by atoms with Gasteiger partial charge in [-0.05, 0) is 139 Å². The first-order valence-corrected chi connectivity index (χ1v) is 21.1. The molecular weight excluding hydrogens is 691 g/mol. The number of carbonyl (C=O) groups is 3. The van der Waals surface area contributed by atoms with Crippen molar-refractivity contribution in [1.29, 1.82) is 0 Å². The summed E-state index contributed by atoms with van der Waals surface area (Å²) < 4.78 is 0. The molecule has 0 saturated carbocycles. The number of carbonyl (C=O) groups excluding carboxylic acids is 3. The molecular formula is C50H75N3O3. The number of hydrogen-bond acceptors (Lipinski definition) is 3. The normalized spacial score (nSPS) is 19.1. The van der Waals surface area contributed by atoms with Crippen molar-refractivity contribution in [2.24, 2.45) is 10.8 Å². The quantitative estimate of drug-likeness (QED) is 0.0655. The first kappa shape index (κ1) is 48.0. The number of amides is 3. The molecule has 6 heteroatoms. The third-order valence-electron chi connectivity index (χ3n) is 10.9. The van der Waals surface area contributed by atoms with Gasteiger partial charge in [-0.25, -0.2) is 0 Å². The zero-order valence-electron chi connectivity index (χ0n) is 36.9. The van der Waals surface area contributed by atoms with Gasteiger partial charge < -0.3 is 16.0 Å². The number of nitrogens with one attached hydrogen (secondary N) is 3. The number of allylic oxidation sites excluding steroid dienone is 18. The van der Waals surface area contributed by atoms with Crippen molar-refractivity contribution < 1.29 is 14.4 Å². The van der Waals surface area contributed by atoms with Crippen LogP contribution in [0.1, 0.15) is 147 Å². The molecule has 2 aliphatic carbocycles. The van der Waals surface area contributed by atoms with E-state index in [4.69, 9.17) is 0 Å². The van der Waals surface area contributed by atoms with Gasteiger partial charge in [-0.1, -0.05) is 124 Å². The van der Waals surface area contributed by atoms with E-state index in [-0.39, 0.29) is 28.6 Å². The van der Waals surface area contributed by atoms with Crippen molar-refractivity contribution in [1.82, 2.24) is 16.0 Å². The molecule has 6 nitrogen and oxygen atoms in total. The van der Waals surface area contributed by atoms with Gasteiger partial charge in [-0.3, -0.25) is 14.4 Å². The van der Waals surface area contributed by atoms with Gasteiger partial charge in [0.1, 0.15) is 6.04 Å². The highest BCUT2D eigenvalue weighted by Gasteiger charge is 2.27. The molecule has 1 unspecified atom stereocenters. The molecule has 0 saturated heterocycles. The van der Waals surface area contributed by atoms with E-state index >= 15 is 0 Å². The van der Waals surface area contributed by atoms with Crippen molar-refractivity contribution in [3.05, 3.63) is 117 Å². The van der Waals surface area contributed by atoms with Crippen LogP contribution in [-0.2, 0) is 14.4 Å². The Balaban J connectivity index is 1.88. The van der Waals surface area contributed by atoms with E-state index in [1.807, 2.05) is 44.2 Å². The van der Waals surface area contributed by atoms with Crippen LogP contribution >= 0.6 is 0 Å². The lowest BCUT2D eigenvalue weighted by atomic mass is 9.72. The van der Waals surface area contributed by atoms with Crippen molar-refractivity contribution in [3.8, 4) is 0 Å². The standard InChI is InChI=1S/C50H75N3O3/c1-12-13-33-52-48(56)45(53-47(55)36-40(5)23-17-21-38(3)28-30-44-42(7)25-19-32-50(44,10)11)26-14-15-34-51-46(54)35-39(4)22-16-20-37(2)27-29-43-41(6)24-18-31-49(43,8)9/h16-17,20-23,27-30,35-36,45H,12-15,18-19,24-26,31-34H2,1-11H3,(H,51,54)(H,52,56)(H,53,55)/b22-16+,23-17+,29-27+,30-28+,37-20+,38-21+,39-35+,40-36+. The van der Waals surface area contributed by atoms with E-state index in [0.717, 1.165) is 35.1 Å². The average molecular weight is 766 g/mol. The molecule has 3 amide bonds. The highest BCUT2D eigenvalue weighted by molar-refractivity contribution is 5.93. The molecule has 1 atom stereocenters. The fourth-order valence-electron chi connectivity index (χ4n) is 7.50. The molecule has 3 N–H and O–H groups in total. The van der Waals surface area contributed by atoms with E-state index in [1.165, 1.54) is 66.9 Å². The molecule has 0 radical (unpaired) electrons. The SMILES string of the molecule is CCCCNC(=O)C(CCCCNC(=O)/C=C(C)/C=C/C=C(C)/C=C/C1=C(C)CCCC1(C)C)NC(=O)/C=C(C)/C=C/C=C(C)/C=C/C1=C(C)CCCC1(C)C. The van der Waals surface area contributed by atoms with Crippen LogP contribution in [0.2, 0.25) is 0 Å². The average Bonchev–Trinajstić information content (AvgIpc) is 3.10. The van der Waals surface area contributed by atoms with Gasteiger partial charge in [0, 0.05) is 25.2 Å². The van der Waals surface area contributed by atoms with Crippen LogP contribution in [0, 0.1) is 10.8 Å². The number of unbranched alkanes of at least 4 members (excludes halogenated alkanes) is 2. The second-order valence-corrected chi connectivity index (χ2v) is 17.3. The lowest BCUT2D eigenvalue weighted by Gasteiger charge is -2.33. The first-order chi connectivity index (χ1) is 26.4. The predicted octanol–water partition coefficient (Wildman–Crippen LogP) is 11.7. The molecule has 0 aliphatic heterocycles. The second kappa shape index (κ2) is 24.4. The van der Waals surface area contributed by atoms with Gasteiger partial charge in [0.05, 0.1) is 0 Å². The Morgan fingerprint density at radius 2 is 1.12 bits per heavy atom. The maximum Gasteiger partial charge on any atom is 0.244 e. The van der Waals surface area contributed by atoms with Crippen molar-refractivity contribution in [2.75, 3.05) is 13.1 Å². The van der Waals surface area contributed by atoms with Crippen LogP contribution in [0.5, 0.6) is 0 Å². The summed E-state index contributed by atoms with van der Waals surface area (Å²) in [5.74, 6) is -0.620. The molecule has 2 aliphatic rings. The zero-order chi connectivity index (χ0) is 41.7.